The number of furan rings is 1. The number of fused-ring (bicyclic) bond motifs is 5. The summed E-state index contributed by atoms with van der Waals surface area (Å²) in [5.74, 6) is 0. The Hall–Kier alpha value is -5.92. The van der Waals surface area contributed by atoms with Crippen LogP contribution in [-0.2, 0) is 0 Å². The van der Waals surface area contributed by atoms with Crippen LogP contribution in [0.25, 0.3) is 88.0 Å². The van der Waals surface area contributed by atoms with E-state index in [1.54, 1.807) is 48.5 Å². The van der Waals surface area contributed by atoms with Gasteiger partial charge in [0.15, 0.2) is 0 Å². The van der Waals surface area contributed by atoms with Gasteiger partial charge in [-0.3, -0.25) is 0 Å². The molecule has 0 aliphatic carbocycles. The molecule has 210 valence electrons. The Kier molecular flexibility index (Phi) is 3.28. The normalized spacial score (nSPS) is 16.5. The van der Waals surface area contributed by atoms with E-state index in [2.05, 4.69) is 0 Å². The first-order valence-corrected chi connectivity index (χ1v) is 14.1. The molecule has 0 bridgehead atoms. The molecular weight excluding hydrogens is 544 g/mol. The third kappa shape index (κ3) is 4.09. The molecule has 0 aliphatic rings. The summed E-state index contributed by atoms with van der Waals surface area (Å²) in [7, 11) is 0. The van der Waals surface area contributed by atoms with Crippen LogP contribution < -0.4 is 0 Å². The second-order valence-corrected chi connectivity index (χ2v) is 10.4. The van der Waals surface area contributed by atoms with Gasteiger partial charge in [-0.05, 0) is 72.6 Å². The molecule has 0 saturated heterocycles. The van der Waals surface area contributed by atoms with E-state index in [1.165, 1.54) is 0 Å². The zero-order valence-corrected chi connectivity index (χ0v) is 23.3. The van der Waals surface area contributed by atoms with Gasteiger partial charge in [0, 0.05) is 16.3 Å². The Morgan fingerprint density at radius 2 is 0.889 bits per heavy atom. The smallest absolute Gasteiger partial charge is 0.136 e. The predicted molar refractivity (Wildman–Crippen MR) is 190 cm³/mol. The van der Waals surface area contributed by atoms with Crippen LogP contribution in [-0.4, -0.2) is 0 Å². The fraction of sp³-hybridized carbons (Fsp3) is 0. The van der Waals surface area contributed by atoms with E-state index in [1.807, 2.05) is 24.3 Å². The van der Waals surface area contributed by atoms with Crippen LogP contribution in [0.3, 0.4) is 0 Å². The summed E-state index contributed by atoms with van der Waals surface area (Å²) in [6, 6.07) is 12.6. The summed E-state index contributed by atoms with van der Waals surface area (Å²) in [4.78, 5) is 0. The quantitative estimate of drug-likeness (QED) is 0.186. The van der Waals surface area contributed by atoms with Crippen molar-refractivity contribution in [3.05, 3.63) is 169 Å². The van der Waals surface area contributed by atoms with Crippen LogP contribution in [0, 0.1) is 0 Å². The van der Waals surface area contributed by atoms with Crippen LogP contribution in [0.4, 0.5) is 0 Å². The maximum atomic E-state index is 9.50. The van der Waals surface area contributed by atoms with E-state index in [0.29, 0.717) is 43.8 Å². The van der Waals surface area contributed by atoms with E-state index in [9.17, 15) is 2.74 Å². The monoisotopic (exact) mass is 588 g/mol. The lowest BCUT2D eigenvalue weighted by Crippen LogP contribution is -1.93. The summed E-state index contributed by atoms with van der Waals surface area (Å²) in [6.07, 6.45) is 0. The first-order chi connectivity index (χ1) is 29.0. The minimum Gasteiger partial charge on any atom is -0.456 e. The van der Waals surface area contributed by atoms with Crippen molar-refractivity contribution in [1.82, 2.24) is 0 Å². The fourth-order valence-corrected chi connectivity index (χ4v) is 6.17. The molecule has 1 nitrogen and oxygen atoms in total. The third-order valence-corrected chi connectivity index (χ3v) is 8.03. The van der Waals surface area contributed by atoms with Crippen LogP contribution in [0.15, 0.2) is 174 Å². The Morgan fingerprint density at radius 3 is 1.53 bits per heavy atom. The molecule has 1 heteroatoms. The van der Waals surface area contributed by atoms with Gasteiger partial charge in [-0.15, -0.1) is 0 Å². The standard InChI is InChI=1S/C44H28O/c1-3-13-29(14-4-1)30-23-25-32(26-24-30)41-34-17-7-9-19-36(34)42(37-20-10-8-18-35(37)41)44-33(31-15-5-2-6-16-31)27-28-40-43(44)38-21-11-12-22-39(38)45-40/h1-28H/i1D,2D,3D,4D,5D,6D,11D,12D,13D,14D,15D,16D,21D,22D,27D,28D. The molecular formula is C44H28O. The van der Waals surface area contributed by atoms with Gasteiger partial charge in [-0.2, -0.15) is 0 Å². The molecule has 0 spiro atoms. The summed E-state index contributed by atoms with van der Waals surface area (Å²) in [6.45, 7) is 0. The highest BCUT2D eigenvalue weighted by molar-refractivity contribution is 6.27. The first kappa shape index (κ1) is 14.2. The number of hydrogen-bond acceptors (Lipinski definition) is 1. The van der Waals surface area contributed by atoms with Gasteiger partial charge in [0.2, 0.25) is 0 Å². The minimum atomic E-state index is -0.677. The van der Waals surface area contributed by atoms with Gasteiger partial charge in [0.1, 0.15) is 11.2 Å². The highest BCUT2D eigenvalue weighted by atomic mass is 16.3. The summed E-state index contributed by atoms with van der Waals surface area (Å²) >= 11 is 0. The molecule has 0 N–H and O–H groups in total. The van der Waals surface area contributed by atoms with E-state index in [0.717, 1.165) is 0 Å². The Balaban J connectivity index is 1.47. The van der Waals surface area contributed by atoms with Crippen molar-refractivity contribution < 1.29 is 26.3 Å². The molecule has 45 heavy (non-hydrogen) atoms. The van der Waals surface area contributed by atoms with Crippen molar-refractivity contribution >= 4 is 43.5 Å². The van der Waals surface area contributed by atoms with E-state index >= 15 is 0 Å². The minimum absolute atomic E-state index is 0.00385. The molecule has 0 amide bonds. The molecule has 9 aromatic rings. The number of hydrogen-bond donors (Lipinski definition) is 0. The van der Waals surface area contributed by atoms with Crippen molar-refractivity contribution in [3.8, 4) is 44.5 Å². The average molecular weight is 589 g/mol. The van der Waals surface area contributed by atoms with Crippen molar-refractivity contribution in [2.75, 3.05) is 0 Å². The SMILES string of the molecule is [2H]c1c([2H])c([2H])c(-c2ccc(-c3c4ccccc4c(-c4c(-c5c([2H])c([2H])c([2H])c([2H])c5[2H])c([2H])c([2H])c5oc6c([2H])c([2H])c([2H])c([2H])c6c45)c4ccccc34)cc2)c([2H])c1[2H]. The molecule has 0 unspecified atom stereocenters. The van der Waals surface area contributed by atoms with Crippen LogP contribution >= 0.6 is 0 Å². The lowest BCUT2D eigenvalue weighted by atomic mass is 9.82. The van der Waals surface area contributed by atoms with Gasteiger partial charge in [-0.25, -0.2) is 0 Å². The first-order valence-electron chi connectivity index (χ1n) is 22.1. The predicted octanol–water partition coefficient (Wildman–Crippen LogP) is 12.6. The molecule has 8 aromatic carbocycles. The maximum absolute atomic E-state index is 9.50. The van der Waals surface area contributed by atoms with Gasteiger partial charge in [0.25, 0.3) is 0 Å². The van der Waals surface area contributed by atoms with Gasteiger partial charge in [-0.1, -0.05) is 157 Å². The lowest BCUT2D eigenvalue weighted by molar-refractivity contribution is 0.669. The zero-order chi connectivity index (χ0) is 43.7. The molecule has 1 aromatic heterocycles. The van der Waals surface area contributed by atoms with E-state index < -0.39 is 84.6 Å². The topological polar surface area (TPSA) is 13.1 Å². The van der Waals surface area contributed by atoms with Crippen molar-refractivity contribution in [2.45, 2.75) is 0 Å². The molecule has 0 saturated carbocycles. The Bertz CT molecular complexity index is 3310. The van der Waals surface area contributed by atoms with Crippen molar-refractivity contribution in [2.24, 2.45) is 0 Å². The van der Waals surface area contributed by atoms with E-state index in [-0.39, 0.29) is 56.3 Å². The third-order valence-electron chi connectivity index (χ3n) is 8.03. The van der Waals surface area contributed by atoms with Crippen LogP contribution in [0.1, 0.15) is 21.9 Å². The van der Waals surface area contributed by atoms with Gasteiger partial charge in [0.05, 0.1) is 21.9 Å². The highest BCUT2D eigenvalue weighted by Crippen LogP contribution is 2.50. The summed E-state index contributed by atoms with van der Waals surface area (Å²) in [5.41, 5.74) is 1.13. The largest absolute Gasteiger partial charge is 0.456 e. The molecule has 0 radical (unpaired) electrons. The Labute approximate surface area is 284 Å². The maximum Gasteiger partial charge on any atom is 0.136 e. The average Bonchev–Trinajstić information content (AvgIpc) is 3.67. The van der Waals surface area contributed by atoms with Gasteiger partial charge >= 0.3 is 0 Å². The van der Waals surface area contributed by atoms with Crippen molar-refractivity contribution in [1.29, 1.82) is 0 Å². The van der Waals surface area contributed by atoms with Crippen LogP contribution in [0.2, 0.25) is 0 Å². The molecule has 1 heterocycles. The Morgan fingerprint density at radius 1 is 0.356 bits per heavy atom. The molecule has 9 rings (SSSR count). The second-order valence-electron chi connectivity index (χ2n) is 10.4. The summed E-state index contributed by atoms with van der Waals surface area (Å²) in [5, 5.41) is 2.24. The number of rotatable bonds is 4. The number of benzene rings is 8. The second kappa shape index (κ2) is 10.4. The zero-order valence-electron chi connectivity index (χ0n) is 39.3. The van der Waals surface area contributed by atoms with Crippen LogP contribution in [0.5, 0.6) is 0 Å². The van der Waals surface area contributed by atoms with Gasteiger partial charge < -0.3 is 4.42 Å². The fourth-order valence-electron chi connectivity index (χ4n) is 6.17. The summed E-state index contributed by atoms with van der Waals surface area (Å²) < 4.78 is 145. The molecule has 0 fully saturated rings. The molecule has 0 aliphatic heterocycles. The molecule has 0 atom stereocenters. The van der Waals surface area contributed by atoms with Crippen molar-refractivity contribution in [3.63, 3.8) is 0 Å². The highest BCUT2D eigenvalue weighted by Gasteiger charge is 2.23. The lowest BCUT2D eigenvalue weighted by Gasteiger charge is -2.20. The number of para-hydroxylation sites is 1. The van der Waals surface area contributed by atoms with E-state index in [4.69, 9.17) is 23.6 Å².